The van der Waals surface area contributed by atoms with Crippen molar-refractivity contribution in [2.24, 2.45) is 0 Å². The van der Waals surface area contributed by atoms with Crippen molar-refractivity contribution in [2.75, 3.05) is 31.7 Å². The number of aliphatic hydroxyl groups is 2. The van der Waals surface area contributed by atoms with Crippen LogP contribution in [-0.4, -0.2) is 82.2 Å². The van der Waals surface area contributed by atoms with E-state index in [2.05, 4.69) is 76.2 Å². The predicted octanol–water partition coefficient (Wildman–Crippen LogP) is 5.13. The molecule has 254 valence electrons. The highest BCUT2D eigenvalue weighted by Gasteiger charge is 2.37. The molecule has 0 radical (unpaired) electrons. The largest absolute Gasteiger partial charge is 0.390 e. The normalized spacial score (nSPS) is 22.9. The number of nitrogens with one attached hydrogen (secondary N) is 1. The van der Waals surface area contributed by atoms with Gasteiger partial charge in [-0.15, -0.1) is 5.10 Å². The van der Waals surface area contributed by atoms with Gasteiger partial charge in [0.15, 0.2) is 6.29 Å². The lowest BCUT2D eigenvalue weighted by molar-refractivity contribution is -0.245. The first-order chi connectivity index (χ1) is 22.5. The Hall–Kier alpha value is -3.02. The average molecular weight is 665 g/mol. The molecule has 2 unspecified atom stereocenters. The smallest absolute Gasteiger partial charge is 0.160 e. The van der Waals surface area contributed by atoms with Crippen LogP contribution in [0.2, 0.25) is 0 Å². The quantitative estimate of drug-likeness (QED) is 0.166. The molecule has 4 atom stereocenters. The fourth-order valence-electron chi connectivity index (χ4n) is 5.87. The first kappa shape index (κ1) is 35.3. The lowest BCUT2D eigenvalue weighted by Crippen LogP contribution is -2.50. The molecule has 3 aromatic rings. The van der Waals surface area contributed by atoms with Gasteiger partial charge in [0.05, 0.1) is 18.8 Å². The van der Waals surface area contributed by atoms with Crippen LogP contribution in [0.5, 0.6) is 0 Å². The topological polar surface area (TPSA) is 138 Å². The van der Waals surface area contributed by atoms with Gasteiger partial charge in [-0.25, -0.2) is 4.68 Å². The minimum Gasteiger partial charge on any atom is -0.390 e. The summed E-state index contributed by atoms with van der Waals surface area (Å²) in [5.41, 5.74) is 1.87. The maximum Gasteiger partial charge on any atom is 0.160 e. The van der Waals surface area contributed by atoms with Crippen molar-refractivity contribution in [3.05, 3.63) is 58.8 Å². The van der Waals surface area contributed by atoms with Crippen LogP contribution in [0.25, 0.3) is 16.8 Å². The first-order valence-electron chi connectivity index (χ1n) is 16.4. The van der Waals surface area contributed by atoms with E-state index >= 15 is 0 Å². The molecule has 2 saturated heterocycles. The molecule has 0 amide bonds. The van der Waals surface area contributed by atoms with E-state index in [9.17, 15) is 15.5 Å². The van der Waals surface area contributed by atoms with Crippen molar-refractivity contribution in [3.63, 3.8) is 0 Å². The van der Waals surface area contributed by atoms with E-state index in [-0.39, 0.29) is 18.5 Å². The molecule has 47 heavy (non-hydrogen) atoms. The summed E-state index contributed by atoms with van der Waals surface area (Å²) in [6, 6.07) is 15.3. The second-order valence-corrected chi connectivity index (χ2v) is 14.5. The number of benzene rings is 2. The summed E-state index contributed by atoms with van der Waals surface area (Å²) in [5.74, 6) is 0. The molecule has 0 aliphatic carbocycles. The summed E-state index contributed by atoms with van der Waals surface area (Å²) in [6.45, 7) is 10.9. The van der Waals surface area contributed by atoms with Gasteiger partial charge in [0, 0.05) is 44.5 Å². The number of fused-ring (bicyclic) bond motifs is 1. The van der Waals surface area contributed by atoms with Gasteiger partial charge in [-0.05, 0) is 106 Å². The zero-order chi connectivity index (χ0) is 33.6. The van der Waals surface area contributed by atoms with E-state index in [1.54, 1.807) is 10.9 Å². The van der Waals surface area contributed by atoms with Crippen LogP contribution in [-0.2, 0) is 26.4 Å². The van der Waals surface area contributed by atoms with E-state index in [0.717, 1.165) is 24.0 Å². The molecule has 2 aliphatic heterocycles. The number of rotatable bonds is 13. The van der Waals surface area contributed by atoms with Crippen LogP contribution in [0, 0.1) is 11.3 Å². The standard InChI is InChI=1S/C35H48N6O5S/c1-34(2,13-16-45-35(3,4)31-23-41(39-37-31)22-30-33(43)29(42)20-32(44-5)46-30)38-47-28(21-36)18-24-9-10-26-19-27(12-11-25(26)17-24)40-14-7-6-8-15-40/h9-12,17-19,23,29-30,32-33,38,42-43H,6-8,13-16,20,22H2,1-5H3/b28-18+/t29?,30?,32-,33-/m0/s1. The van der Waals surface area contributed by atoms with Crippen LogP contribution < -0.4 is 9.62 Å². The average Bonchev–Trinajstić information content (AvgIpc) is 3.54. The van der Waals surface area contributed by atoms with E-state index in [4.69, 9.17) is 14.2 Å². The predicted molar refractivity (Wildman–Crippen MR) is 184 cm³/mol. The number of methoxy groups -OCH3 is 1. The molecule has 2 aromatic carbocycles. The highest BCUT2D eigenvalue weighted by molar-refractivity contribution is 8.01. The van der Waals surface area contributed by atoms with Crippen molar-refractivity contribution in [3.8, 4) is 6.07 Å². The third-order valence-corrected chi connectivity index (χ3v) is 10.0. The lowest BCUT2D eigenvalue weighted by atomic mass is 10.0. The number of aromatic nitrogens is 3. The second kappa shape index (κ2) is 15.5. The van der Waals surface area contributed by atoms with Crippen molar-refractivity contribution in [2.45, 2.75) is 102 Å². The molecule has 0 spiro atoms. The fourth-order valence-corrected chi connectivity index (χ4v) is 6.60. The number of allylic oxidation sites excluding steroid dienone is 1. The number of anilines is 1. The Labute approximate surface area is 282 Å². The summed E-state index contributed by atoms with van der Waals surface area (Å²) >= 11 is 1.33. The number of aliphatic hydroxyl groups excluding tert-OH is 2. The Kier molecular flexibility index (Phi) is 11.6. The Bertz CT molecular complexity index is 1560. The molecular weight excluding hydrogens is 616 g/mol. The molecular formula is C35H48N6O5S. The van der Waals surface area contributed by atoms with Crippen LogP contribution in [0.4, 0.5) is 5.69 Å². The van der Waals surface area contributed by atoms with E-state index in [0.29, 0.717) is 23.6 Å². The first-order valence-corrected chi connectivity index (χ1v) is 17.2. The number of piperidine rings is 1. The maximum absolute atomic E-state index is 10.4. The molecule has 3 N–H and O–H groups in total. The Balaban J connectivity index is 1.12. The number of hydrogen-bond donors (Lipinski definition) is 3. The highest BCUT2D eigenvalue weighted by atomic mass is 32.2. The number of nitrogens with zero attached hydrogens (tertiary/aromatic N) is 5. The van der Waals surface area contributed by atoms with E-state index < -0.39 is 30.2 Å². The van der Waals surface area contributed by atoms with Gasteiger partial charge in [-0.3, -0.25) is 4.72 Å². The summed E-state index contributed by atoms with van der Waals surface area (Å²) in [4.78, 5) is 3.05. The summed E-state index contributed by atoms with van der Waals surface area (Å²) in [5, 5.41) is 41.3. The van der Waals surface area contributed by atoms with Crippen LogP contribution >= 0.6 is 11.9 Å². The molecule has 5 rings (SSSR count). The van der Waals surface area contributed by atoms with Gasteiger partial charge in [-0.2, -0.15) is 5.26 Å². The van der Waals surface area contributed by atoms with Crippen molar-refractivity contribution in [1.82, 2.24) is 19.7 Å². The van der Waals surface area contributed by atoms with Gasteiger partial charge in [-0.1, -0.05) is 23.4 Å². The van der Waals surface area contributed by atoms with Crippen molar-refractivity contribution >= 4 is 34.5 Å². The number of hydrogen-bond acceptors (Lipinski definition) is 11. The van der Waals surface area contributed by atoms with Crippen LogP contribution in [0.3, 0.4) is 0 Å². The zero-order valence-corrected chi connectivity index (χ0v) is 28.9. The van der Waals surface area contributed by atoms with Gasteiger partial charge >= 0.3 is 0 Å². The molecule has 3 heterocycles. The molecule has 0 saturated carbocycles. The Morgan fingerprint density at radius 2 is 1.87 bits per heavy atom. The molecule has 2 aliphatic rings. The Morgan fingerprint density at radius 3 is 2.62 bits per heavy atom. The summed E-state index contributed by atoms with van der Waals surface area (Å²) in [7, 11) is 1.50. The van der Waals surface area contributed by atoms with Gasteiger partial charge < -0.3 is 29.3 Å². The highest BCUT2D eigenvalue weighted by Crippen LogP contribution is 2.29. The third-order valence-electron chi connectivity index (χ3n) is 8.93. The van der Waals surface area contributed by atoms with Crippen LogP contribution in [0.1, 0.15) is 71.1 Å². The van der Waals surface area contributed by atoms with Crippen molar-refractivity contribution < 1.29 is 24.4 Å². The Morgan fingerprint density at radius 1 is 1.13 bits per heavy atom. The minimum absolute atomic E-state index is 0.208. The number of ether oxygens (including phenoxy) is 3. The summed E-state index contributed by atoms with van der Waals surface area (Å²) in [6.07, 6.45) is 5.14. The molecule has 2 fully saturated rings. The van der Waals surface area contributed by atoms with E-state index in [1.807, 2.05) is 19.9 Å². The molecule has 11 nitrogen and oxygen atoms in total. The zero-order valence-electron chi connectivity index (χ0n) is 28.1. The molecule has 0 bridgehead atoms. The van der Waals surface area contributed by atoms with E-state index in [1.165, 1.54) is 49.4 Å². The van der Waals surface area contributed by atoms with Gasteiger partial charge in [0.1, 0.15) is 34.5 Å². The van der Waals surface area contributed by atoms with Crippen molar-refractivity contribution in [1.29, 1.82) is 5.26 Å². The van der Waals surface area contributed by atoms with Crippen LogP contribution in [0.15, 0.2) is 47.5 Å². The molecule has 1 aromatic heterocycles. The van der Waals surface area contributed by atoms with Gasteiger partial charge in [0.25, 0.3) is 0 Å². The SMILES string of the molecule is CO[C@@H]1CC(O)[C@H](O)C(Cn2cc(C(C)(C)OCCC(C)(C)NS/C(C#N)=C/c3ccc4cc(N5CCCCC5)ccc4c3)nn2)O1. The third kappa shape index (κ3) is 9.32. The monoisotopic (exact) mass is 664 g/mol. The lowest BCUT2D eigenvalue weighted by Gasteiger charge is -2.36. The number of nitriles is 1. The fraction of sp³-hybridized carbons (Fsp3) is 0.571. The minimum atomic E-state index is -1.05. The summed E-state index contributed by atoms with van der Waals surface area (Å²) < 4.78 is 22.3. The molecule has 12 heteroatoms. The second-order valence-electron chi connectivity index (χ2n) is 13.6. The van der Waals surface area contributed by atoms with Gasteiger partial charge in [0.2, 0.25) is 0 Å². The maximum atomic E-state index is 10.4.